The van der Waals surface area contributed by atoms with Crippen LogP contribution in [0.5, 0.6) is 5.75 Å². The molecule has 2 aromatic carbocycles. The van der Waals surface area contributed by atoms with Gasteiger partial charge in [0.05, 0.1) is 23.9 Å². The van der Waals surface area contributed by atoms with Crippen LogP contribution in [0.15, 0.2) is 47.6 Å². The van der Waals surface area contributed by atoms with Crippen molar-refractivity contribution < 1.29 is 9.53 Å². The summed E-state index contributed by atoms with van der Waals surface area (Å²) < 4.78 is 5.21. The molecule has 1 aromatic heterocycles. The number of nitrogens with zero attached hydrogens (tertiary/aromatic N) is 1. The third-order valence-corrected chi connectivity index (χ3v) is 4.92. The maximum atomic E-state index is 12.2. The SMILES string of the molecule is COc1ccc2nc(SCC(=O)Nc3ccc(C(C)(C)C)cc3)[nH]c2c1. The van der Waals surface area contributed by atoms with Crippen molar-refractivity contribution in [1.29, 1.82) is 0 Å². The zero-order valence-electron chi connectivity index (χ0n) is 15.4. The maximum Gasteiger partial charge on any atom is 0.234 e. The number of carbonyl (C=O) groups is 1. The molecule has 0 saturated carbocycles. The van der Waals surface area contributed by atoms with Gasteiger partial charge in [-0.2, -0.15) is 0 Å². The van der Waals surface area contributed by atoms with E-state index in [4.69, 9.17) is 4.74 Å². The number of imidazole rings is 1. The maximum absolute atomic E-state index is 12.2. The van der Waals surface area contributed by atoms with Gasteiger partial charge in [-0.05, 0) is 35.2 Å². The lowest BCUT2D eigenvalue weighted by molar-refractivity contribution is -0.113. The normalized spacial score (nSPS) is 11.5. The monoisotopic (exact) mass is 369 g/mol. The number of nitrogens with one attached hydrogen (secondary N) is 2. The van der Waals surface area contributed by atoms with Crippen LogP contribution in [0.3, 0.4) is 0 Å². The van der Waals surface area contributed by atoms with Crippen molar-refractivity contribution in [1.82, 2.24) is 9.97 Å². The van der Waals surface area contributed by atoms with Crippen LogP contribution in [-0.2, 0) is 10.2 Å². The Kier molecular flexibility index (Phi) is 5.23. The number of thioether (sulfide) groups is 1. The first-order chi connectivity index (χ1) is 12.3. The van der Waals surface area contributed by atoms with E-state index in [9.17, 15) is 4.79 Å². The standard InChI is InChI=1S/C20H23N3O2S/c1-20(2,3)13-5-7-14(8-6-13)21-18(24)12-26-19-22-16-10-9-15(25-4)11-17(16)23-19/h5-11H,12H2,1-4H3,(H,21,24)(H,22,23). The molecule has 3 rings (SSSR count). The number of fused-ring (bicyclic) bond motifs is 1. The minimum Gasteiger partial charge on any atom is -0.497 e. The van der Waals surface area contributed by atoms with E-state index < -0.39 is 0 Å². The molecular weight excluding hydrogens is 346 g/mol. The summed E-state index contributed by atoms with van der Waals surface area (Å²) in [7, 11) is 1.63. The molecule has 0 aliphatic heterocycles. The van der Waals surface area contributed by atoms with Crippen molar-refractivity contribution in [3.05, 3.63) is 48.0 Å². The van der Waals surface area contributed by atoms with Crippen LogP contribution in [0.25, 0.3) is 11.0 Å². The molecule has 5 nitrogen and oxygen atoms in total. The Hall–Kier alpha value is -2.47. The lowest BCUT2D eigenvalue weighted by Gasteiger charge is -2.19. The molecule has 3 aromatic rings. The molecule has 6 heteroatoms. The molecule has 136 valence electrons. The van der Waals surface area contributed by atoms with Crippen LogP contribution in [0.2, 0.25) is 0 Å². The average Bonchev–Trinajstić information content (AvgIpc) is 3.01. The number of ether oxygens (including phenoxy) is 1. The van der Waals surface area contributed by atoms with E-state index in [-0.39, 0.29) is 17.1 Å². The van der Waals surface area contributed by atoms with Crippen LogP contribution in [0.4, 0.5) is 5.69 Å². The number of hydrogen-bond acceptors (Lipinski definition) is 4. The van der Waals surface area contributed by atoms with Crippen molar-refractivity contribution in [2.24, 2.45) is 0 Å². The molecule has 0 bridgehead atoms. The molecule has 1 amide bonds. The summed E-state index contributed by atoms with van der Waals surface area (Å²) in [6.07, 6.45) is 0. The summed E-state index contributed by atoms with van der Waals surface area (Å²) in [6.45, 7) is 6.50. The Balaban J connectivity index is 1.58. The highest BCUT2D eigenvalue weighted by Gasteiger charge is 2.13. The number of aromatic amines is 1. The second kappa shape index (κ2) is 7.41. The topological polar surface area (TPSA) is 67.0 Å². The highest BCUT2D eigenvalue weighted by Crippen LogP contribution is 2.25. The quantitative estimate of drug-likeness (QED) is 0.645. The van der Waals surface area contributed by atoms with Crippen LogP contribution in [-0.4, -0.2) is 28.7 Å². The second-order valence-corrected chi connectivity index (χ2v) is 8.05. The Morgan fingerprint density at radius 3 is 2.58 bits per heavy atom. The molecule has 0 radical (unpaired) electrons. The van der Waals surface area contributed by atoms with Crippen molar-refractivity contribution >= 4 is 34.4 Å². The predicted molar refractivity (Wildman–Crippen MR) is 107 cm³/mol. The molecule has 0 aliphatic rings. The molecular formula is C20H23N3O2S. The Morgan fingerprint density at radius 2 is 1.92 bits per heavy atom. The van der Waals surface area contributed by atoms with Gasteiger partial charge in [0.1, 0.15) is 5.75 Å². The van der Waals surface area contributed by atoms with E-state index in [0.29, 0.717) is 5.16 Å². The highest BCUT2D eigenvalue weighted by atomic mass is 32.2. The zero-order valence-corrected chi connectivity index (χ0v) is 16.2. The minimum atomic E-state index is -0.0588. The van der Waals surface area contributed by atoms with Gasteiger partial charge in [0.25, 0.3) is 0 Å². The number of methoxy groups -OCH3 is 1. The average molecular weight is 369 g/mol. The van der Waals surface area contributed by atoms with Gasteiger partial charge in [-0.15, -0.1) is 0 Å². The number of benzene rings is 2. The van der Waals surface area contributed by atoms with E-state index in [1.54, 1.807) is 7.11 Å². The number of anilines is 1. The zero-order chi connectivity index (χ0) is 18.7. The molecule has 0 aliphatic carbocycles. The van der Waals surface area contributed by atoms with Gasteiger partial charge in [-0.1, -0.05) is 44.7 Å². The number of H-pyrrole nitrogens is 1. The minimum absolute atomic E-state index is 0.0588. The van der Waals surface area contributed by atoms with Crippen LogP contribution in [0.1, 0.15) is 26.3 Å². The summed E-state index contributed by atoms with van der Waals surface area (Å²) in [5, 5.41) is 3.64. The molecule has 0 fully saturated rings. The van der Waals surface area contributed by atoms with E-state index in [0.717, 1.165) is 22.5 Å². The number of amides is 1. The Labute approximate surface area is 157 Å². The molecule has 0 unspecified atom stereocenters. The van der Waals surface area contributed by atoms with Gasteiger partial charge >= 0.3 is 0 Å². The Morgan fingerprint density at radius 1 is 1.19 bits per heavy atom. The van der Waals surface area contributed by atoms with E-state index in [1.165, 1.54) is 17.3 Å². The largest absolute Gasteiger partial charge is 0.497 e. The van der Waals surface area contributed by atoms with Crippen LogP contribution < -0.4 is 10.1 Å². The molecule has 0 atom stereocenters. The molecule has 0 spiro atoms. The van der Waals surface area contributed by atoms with Crippen molar-refractivity contribution in [2.45, 2.75) is 31.3 Å². The Bertz CT molecular complexity index is 911. The lowest BCUT2D eigenvalue weighted by atomic mass is 9.87. The van der Waals surface area contributed by atoms with Crippen molar-refractivity contribution in [3.63, 3.8) is 0 Å². The first kappa shape index (κ1) is 18.3. The summed E-state index contributed by atoms with van der Waals surface area (Å²) in [5.41, 5.74) is 3.89. The van der Waals surface area contributed by atoms with Crippen molar-refractivity contribution in [3.8, 4) is 5.75 Å². The predicted octanol–water partition coefficient (Wildman–Crippen LogP) is 4.60. The van der Waals surface area contributed by atoms with Gasteiger partial charge in [0, 0.05) is 11.8 Å². The summed E-state index contributed by atoms with van der Waals surface area (Å²) >= 11 is 1.37. The number of rotatable bonds is 5. The molecule has 2 N–H and O–H groups in total. The fourth-order valence-corrected chi connectivity index (χ4v) is 3.23. The third-order valence-electron chi connectivity index (χ3n) is 4.04. The summed E-state index contributed by atoms with van der Waals surface area (Å²) in [6, 6.07) is 13.6. The highest BCUT2D eigenvalue weighted by molar-refractivity contribution is 7.99. The molecule has 1 heterocycles. The smallest absolute Gasteiger partial charge is 0.234 e. The number of carbonyl (C=O) groups excluding carboxylic acids is 1. The van der Waals surface area contributed by atoms with E-state index in [1.807, 2.05) is 30.3 Å². The van der Waals surface area contributed by atoms with Gasteiger partial charge in [0.15, 0.2) is 5.16 Å². The van der Waals surface area contributed by atoms with Crippen LogP contribution >= 0.6 is 11.8 Å². The lowest BCUT2D eigenvalue weighted by Crippen LogP contribution is -2.15. The number of hydrogen-bond donors (Lipinski definition) is 2. The molecule has 0 saturated heterocycles. The van der Waals surface area contributed by atoms with Crippen LogP contribution in [0, 0.1) is 0 Å². The van der Waals surface area contributed by atoms with Gasteiger partial charge in [-0.25, -0.2) is 4.98 Å². The fourth-order valence-electron chi connectivity index (χ4n) is 2.55. The van der Waals surface area contributed by atoms with Crippen molar-refractivity contribution in [2.75, 3.05) is 18.2 Å². The number of aromatic nitrogens is 2. The first-order valence-corrected chi connectivity index (χ1v) is 9.41. The van der Waals surface area contributed by atoms with Gasteiger partial charge in [-0.3, -0.25) is 4.79 Å². The molecule has 26 heavy (non-hydrogen) atoms. The third kappa shape index (κ3) is 4.38. The van der Waals surface area contributed by atoms with E-state index >= 15 is 0 Å². The summed E-state index contributed by atoms with van der Waals surface area (Å²) in [5.74, 6) is 1.00. The summed E-state index contributed by atoms with van der Waals surface area (Å²) in [4.78, 5) is 19.9. The van der Waals surface area contributed by atoms with Gasteiger partial charge < -0.3 is 15.0 Å². The fraction of sp³-hybridized carbons (Fsp3) is 0.300. The van der Waals surface area contributed by atoms with Gasteiger partial charge in [0.2, 0.25) is 5.91 Å². The first-order valence-electron chi connectivity index (χ1n) is 8.42. The van der Waals surface area contributed by atoms with E-state index in [2.05, 4.69) is 48.2 Å². The second-order valence-electron chi connectivity index (χ2n) is 7.09.